The second-order valence-electron chi connectivity index (χ2n) is 4.74. The Labute approximate surface area is 119 Å². The fourth-order valence-electron chi connectivity index (χ4n) is 2.34. The van der Waals surface area contributed by atoms with Crippen molar-refractivity contribution >= 4 is 39.3 Å². The van der Waals surface area contributed by atoms with E-state index in [1.165, 1.54) is 0 Å². The monoisotopic (exact) mass is 332 g/mol. The molecule has 2 rings (SSSR count). The van der Waals surface area contributed by atoms with Gasteiger partial charge in [-0.15, -0.1) is 0 Å². The molecule has 0 spiro atoms. The topological polar surface area (TPSA) is 53.4 Å². The van der Waals surface area contributed by atoms with Gasteiger partial charge in [0.05, 0.1) is 10.9 Å². The first-order valence-electron chi connectivity index (χ1n) is 5.76. The van der Waals surface area contributed by atoms with Gasteiger partial charge in [0.2, 0.25) is 0 Å². The first-order chi connectivity index (χ1) is 8.47. The van der Waals surface area contributed by atoms with Crippen LogP contribution >= 0.6 is 27.5 Å². The summed E-state index contributed by atoms with van der Waals surface area (Å²) in [7, 11) is 0. The molecule has 0 radical (unpaired) electrons. The number of carboxylic acid groups (broad SMARTS) is 1. The first kappa shape index (κ1) is 13.6. The molecule has 2 atom stereocenters. The molecule has 2 heterocycles. The number of aromatic nitrogens is 1. The van der Waals surface area contributed by atoms with E-state index in [1.54, 1.807) is 12.3 Å². The molecule has 4 nitrogen and oxygen atoms in total. The van der Waals surface area contributed by atoms with Gasteiger partial charge >= 0.3 is 5.97 Å². The minimum absolute atomic E-state index is 0.321. The SMILES string of the molecule is CC1CC(C(=O)O)CN(c2ncc(Br)cc2Cl)C1. The lowest BCUT2D eigenvalue weighted by Gasteiger charge is -2.35. The maximum absolute atomic E-state index is 11.1. The fraction of sp³-hybridized carbons (Fsp3) is 0.500. The van der Waals surface area contributed by atoms with E-state index in [0.29, 0.717) is 29.7 Å². The van der Waals surface area contributed by atoms with Crippen molar-refractivity contribution < 1.29 is 9.90 Å². The fourth-order valence-corrected chi connectivity index (χ4v) is 3.09. The predicted octanol–water partition coefficient (Wildman–Crippen LogP) is 3.04. The summed E-state index contributed by atoms with van der Waals surface area (Å²) in [5.41, 5.74) is 0. The molecule has 18 heavy (non-hydrogen) atoms. The number of aliphatic carboxylic acids is 1. The van der Waals surface area contributed by atoms with Crippen LogP contribution in [0.1, 0.15) is 13.3 Å². The quantitative estimate of drug-likeness (QED) is 0.904. The summed E-state index contributed by atoms with van der Waals surface area (Å²) < 4.78 is 0.816. The van der Waals surface area contributed by atoms with Crippen LogP contribution in [0.2, 0.25) is 5.02 Å². The molecule has 0 aromatic carbocycles. The maximum atomic E-state index is 11.1. The van der Waals surface area contributed by atoms with E-state index in [-0.39, 0.29) is 5.92 Å². The highest BCUT2D eigenvalue weighted by Crippen LogP contribution is 2.31. The van der Waals surface area contributed by atoms with Crippen LogP contribution in [0.5, 0.6) is 0 Å². The van der Waals surface area contributed by atoms with Gasteiger partial charge in [-0.25, -0.2) is 4.98 Å². The van der Waals surface area contributed by atoms with E-state index >= 15 is 0 Å². The molecule has 2 unspecified atom stereocenters. The second kappa shape index (κ2) is 5.45. The normalized spacial score (nSPS) is 24.1. The highest BCUT2D eigenvalue weighted by molar-refractivity contribution is 9.10. The van der Waals surface area contributed by atoms with Crippen molar-refractivity contribution in [1.29, 1.82) is 0 Å². The summed E-state index contributed by atoms with van der Waals surface area (Å²) in [6.07, 6.45) is 2.39. The first-order valence-corrected chi connectivity index (χ1v) is 6.93. The Bertz CT molecular complexity index is 469. The average Bonchev–Trinajstić information content (AvgIpc) is 2.27. The smallest absolute Gasteiger partial charge is 0.308 e. The third-order valence-electron chi connectivity index (χ3n) is 3.10. The summed E-state index contributed by atoms with van der Waals surface area (Å²) in [5, 5.41) is 9.69. The van der Waals surface area contributed by atoms with E-state index in [2.05, 4.69) is 27.8 Å². The molecule has 0 bridgehead atoms. The molecule has 1 aromatic heterocycles. The summed E-state index contributed by atoms with van der Waals surface area (Å²) in [4.78, 5) is 17.4. The number of carbonyl (C=O) groups is 1. The van der Waals surface area contributed by atoms with Crippen LogP contribution in [0.15, 0.2) is 16.7 Å². The van der Waals surface area contributed by atoms with Gasteiger partial charge in [0.1, 0.15) is 5.82 Å². The molecule has 1 saturated heterocycles. The van der Waals surface area contributed by atoms with Gasteiger partial charge < -0.3 is 10.0 Å². The number of hydrogen-bond acceptors (Lipinski definition) is 3. The molecule has 1 aliphatic heterocycles. The molecule has 1 fully saturated rings. The highest BCUT2D eigenvalue weighted by Gasteiger charge is 2.30. The van der Waals surface area contributed by atoms with Crippen LogP contribution in [0.25, 0.3) is 0 Å². The molecule has 0 saturated carbocycles. The van der Waals surface area contributed by atoms with Crippen LogP contribution in [0.4, 0.5) is 5.82 Å². The largest absolute Gasteiger partial charge is 0.481 e. The van der Waals surface area contributed by atoms with E-state index in [4.69, 9.17) is 16.7 Å². The summed E-state index contributed by atoms with van der Waals surface area (Å²) in [5.74, 6) is -0.117. The number of halogens is 2. The van der Waals surface area contributed by atoms with Crippen molar-refractivity contribution in [3.8, 4) is 0 Å². The Hall–Kier alpha value is -0.810. The number of nitrogens with zero attached hydrogens (tertiary/aromatic N) is 2. The zero-order valence-electron chi connectivity index (χ0n) is 9.94. The standard InChI is InChI=1S/C12H14BrClN2O2/c1-7-2-8(12(17)18)6-16(5-7)11-10(14)3-9(13)4-15-11/h3-4,7-8H,2,5-6H2,1H3,(H,17,18). The number of anilines is 1. The van der Waals surface area contributed by atoms with Crippen LogP contribution < -0.4 is 4.90 Å². The van der Waals surface area contributed by atoms with Gasteiger partial charge in [0.15, 0.2) is 0 Å². The maximum Gasteiger partial charge on any atom is 0.308 e. The van der Waals surface area contributed by atoms with E-state index in [0.717, 1.165) is 11.0 Å². The third-order valence-corrected chi connectivity index (χ3v) is 3.81. The van der Waals surface area contributed by atoms with Crippen LogP contribution in [-0.4, -0.2) is 29.1 Å². The zero-order chi connectivity index (χ0) is 13.3. The number of pyridine rings is 1. The Kier molecular flexibility index (Phi) is 4.12. The molecule has 0 aliphatic carbocycles. The summed E-state index contributed by atoms with van der Waals surface area (Å²) >= 11 is 9.46. The van der Waals surface area contributed by atoms with E-state index in [9.17, 15) is 4.79 Å². The molecule has 98 valence electrons. The Morgan fingerprint density at radius 2 is 2.33 bits per heavy atom. The van der Waals surface area contributed by atoms with Crippen LogP contribution in [0, 0.1) is 11.8 Å². The number of hydrogen-bond donors (Lipinski definition) is 1. The Morgan fingerprint density at radius 1 is 1.61 bits per heavy atom. The predicted molar refractivity (Wildman–Crippen MR) is 74.1 cm³/mol. The molecule has 6 heteroatoms. The van der Waals surface area contributed by atoms with Crippen molar-refractivity contribution in [3.63, 3.8) is 0 Å². The summed E-state index contributed by atoms with van der Waals surface area (Å²) in [6.45, 7) is 3.31. The van der Waals surface area contributed by atoms with Crippen LogP contribution in [-0.2, 0) is 4.79 Å². The van der Waals surface area contributed by atoms with Gasteiger partial charge in [0, 0.05) is 23.8 Å². The van der Waals surface area contributed by atoms with Crippen molar-refractivity contribution in [3.05, 3.63) is 21.8 Å². The molecular formula is C12H14BrClN2O2. The van der Waals surface area contributed by atoms with Gasteiger partial charge in [0.25, 0.3) is 0 Å². The molecule has 1 N–H and O–H groups in total. The molecule has 0 amide bonds. The van der Waals surface area contributed by atoms with E-state index in [1.807, 2.05) is 4.90 Å². The number of piperidine rings is 1. The van der Waals surface area contributed by atoms with Crippen molar-refractivity contribution in [1.82, 2.24) is 4.98 Å². The minimum Gasteiger partial charge on any atom is -0.481 e. The van der Waals surface area contributed by atoms with Gasteiger partial charge in [-0.05, 0) is 34.3 Å². The van der Waals surface area contributed by atoms with E-state index < -0.39 is 5.97 Å². The van der Waals surface area contributed by atoms with Crippen molar-refractivity contribution in [2.75, 3.05) is 18.0 Å². The Balaban J connectivity index is 2.24. The minimum atomic E-state index is -0.750. The number of carboxylic acids is 1. The lowest BCUT2D eigenvalue weighted by molar-refractivity contribution is -0.142. The van der Waals surface area contributed by atoms with Crippen LogP contribution in [0.3, 0.4) is 0 Å². The molecular weight excluding hydrogens is 320 g/mol. The zero-order valence-corrected chi connectivity index (χ0v) is 12.3. The van der Waals surface area contributed by atoms with Gasteiger partial charge in [-0.2, -0.15) is 0 Å². The molecule has 1 aliphatic rings. The Morgan fingerprint density at radius 3 is 2.94 bits per heavy atom. The lowest BCUT2D eigenvalue weighted by atomic mass is 9.90. The van der Waals surface area contributed by atoms with Gasteiger partial charge in [-0.3, -0.25) is 4.79 Å². The summed E-state index contributed by atoms with van der Waals surface area (Å²) in [6, 6.07) is 1.78. The van der Waals surface area contributed by atoms with Crippen molar-refractivity contribution in [2.45, 2.75) is 13.3 Å². The molecule has 1 aromatic rings. The number of rotatable bonds is 2. The van der Waals surface area contributed by atoms with Gasteiger partial charge in [-0.1, -0.05) is 18.5 Å². The highest BCUT2D eigenvalue weighted by atomic mass is 79.9. The second-order valence-corrected chi connectivity index (χ2v) is 6.06. The average molecular weight is 334 g/mol. The third kappa shape index (κ3) is 2.95. The van der Waals surface area contributed by atoms with Crippen molar-refractivity contribution in [2.24, 2.45) is 11.8 Å². The lowest BCUT2D eigenvalue weighted by Crippen LogP contribution is -2.43.